The first-order valence-electron chi connectivity index (χ1n) is 11.9. The van der Waals surface area contributed by atoms with Gasteiger partial charge in [0, 0.05) is 44.4 Å². The molecule has 194 valence electrons. The number of nitrogens with zero attached hydrogens (tertiary/aromatic N) is 3. The van der Waals surface area contributed by atoms with E-state index in [1.165, 1.54) is 25.1 Å². The molecule has 1 aliphatic heterocycles. The molecule has 1 atom stereocenters. The summed E-state index contributed by atoms with van der Waals surface area (Å²) in [6.07, 6.45) is -3.84. The highest BCUT2D eigenvalue weighted by Gasteiger charge is 2.35. The Labute approximate surface area is 215 Å². The molecule has 4 aromatic rings. The van der Waals surface area contributed by atoms with Crippen LogP contribution < -0.4 is 15.8 Å². The predicted molar refractivity (Wildman–Crippen MR) is 136 cm³/mol. The summed E-state index contributed by atoms with van der Waals surface area (Å²) in [6, 6.07) is 12.9. The molecule has 7 nitrogen and oxygen atoms in total. The van der Waals surface area contributed by atoms with Crippen molar-refractivity contribution in [2.75, 3.05) is 26.2 Å². The minimum atomic E-state index is -4.53. The number of carbonyl (C=O) groups excluding carboxylic acids is 1. The molecule has 37 heavy (non-hydrogen) atoms. The number of alkyl halides is 3. The fourth-order valence-corrected chi connectivity index (χ4v) is 5.49. The number of nitrogens with two attached hydrogens (primary N) is 1. The third-order valence-electron chi connectivity index (χ3n) is 6.38. The number of amides is 1. The lowest BCUT2D eigenvalue weighted by Crippen LogP contribution is -2.42. The van der Waals surface area contributed by atoms with Gasteiger partial charge >= 0.3 is 6.18 Å². The van der Waals surface area contributed by atoms with Crippen LogP contribution in [-0.4, -0.2) is 46.5 Å². The largest absolute Gasteiger partial charge is 0.484 e. The average molecular weight is 530 g/mol. The fraction of sp³-hybridized carbons (Fsp3) is 0.308. The zero-order chi connectivity index (χ0) is 26.2. The van der Waals surface area contributed by atoms with Crippen LogP contribution >= 0.6 is 11.3 Å². The molecule has 0 radical (unpaired) electrons. The highest BCUT2D eigenvalue weighted by Crippen LogP contribution is 2.39. The maximum absolute atomic E-state index is 13.5. The molecule has 1 amide bonds. The number of rotatable bonds is 7. The maximum Gasteiger partial charge on any atom is 0.416 e. The highest BCUT2D eigenvalue weighted by atomic mass is 32.1. The number of fused-ring (bicyclic) bond motifs is 1. The van der Waals surface area contributed by atoms with Crippen molar-refractivity contribution in [1.29, 1.82) is 0 Å². The molecule has 0 unspecified atom stereocenters. The van der Waals surface area contributed by atoms with Gasteiger partial charge in [-0.3, -0.25) is 14.3 Å². The summed E-state index contributed by atoms with van der Waals surface area (Å²) in [6.45, 7) is 6.19. The van der Waals surface area contributed by atoms with Crippen molar-refractivity contribution in [3.8, 4) is 10.8 Å². The first-order valence-corrected chi connectivity index (χ1v) is 12.7. The number of thiophene rings is 1. The molecular weight excluding hydrogens is 503 g/mol. The number of hydrogen-bond donors (Lipinski definition) is 2. The van der Waals surface area contributed by atoms with E-state index in [2.05, 4.69) is 27.3 Å². The number of halogens is 3. The quantitative estimate of drug-likeness (QED) is 0.361. The second kappa shape index (κ2) is 10.2. The Kier molecular flexibility index (Phi) is 6.93. The van der Waals surface area contributed by atoms with Crippen LogP contribution in [0.25, 0.3) is 16.0 Å². The SMILES string of the molecule is C[C@@H](Oc1cc(-n2cnc3ccc(CN4CCNCC4)cc32)sc1C(N)=O)c1ccccc1C(F)(F)F. The van der Waals surface area contributed by atoms with Crippen LogP contribution in [-0.2, 0) is 12.7 Å². The Balaban J connectivity index is 1.46. The number of ether oxygens (including phenoxy) is 1. The van der Waals surface area contributed by atoms with Gasteiger partial charge in [-0.2, -0.15) is 13.2 Å². The Morgan fingerprint density at radius 1 is 1.19 bits per heavy atom. The van der Waals surface area contributed by atoms with Crippen LogP contribution in [0.2, 0.25) is 0 Å². The molecule has 2 aromatic carbocycles. The lowest BCUT2D eigenvalue weighted by Gasteiger charge is -2.27. The van der Waals surface area contributed by atoms with Gasteiger partial charge in [-0.25, -0.2) is 4.98 Å². The van der Waals surface area contributed by atoms with E-state index in [-0.39, 0.29) is 16.2 Å². The van der Waals surface area contributed by atoms with E-state index < -0.39 is 23.8 Å². The van der Waals surface area contributed by atoms with E-state index in [0.29, 0.717) is 5.00 Å². The van der Waals surface area contributed by atoms with Crippen molar-refractivity contribution in [1.82, 2.24) is 19.8 Å². The number of piperazine rings is 1. The molecule has 0 saturated carbocycles. The van der Waals surface area contributed by atoms with Crippen LogP contribution in [0.5, 0.6) is 5.75 Å². The van der Waals surface area contributed by atoms with Crippen LogP contribution in [0, 0.1) is 0 Å². The Morgan fingerprint density at radius 2 is 1.95 bits per heavy atom. The molecular formula is C26H26F3N5O2S. The first kappa shape index (κ1) is 25.2. The monoisotopic (exact) mass is 529 g/mol. The van der Waals surface area contributed by atoms with Crippen molar-refractivity contribution in [2.24, 2.45) is 5.73 Å². The van der Waals surface area contributed by atoms with Crippen molar-refractivity contribution in [3.05, 3.63) is 76.4 Å². The molecule has 1 saturated heterocycles. The van der Waals surface area contributed by atoms with Gasteiger partial charge < -0.3 is 15.8 Å². The zero-order valence-electron chi connectivity index (χ0n) is 20.1. The van der Waals surface area contributed by atoms with E-state index >= 15 is 0 Å². The van der Waals surface area contributed by atoms with Crippen molar-refractivity contribution in [3.63, 3.8) is 0 Å². The number of primary amides is 1. The van der Waals surface area contributed by atoms with Crippen LogP contribution in [0.4, 0.5) is 13.2 Å². The molecule has 1 fully saturated rings. The number of imidazole rings is 1. The number of benzene rings is 2. The first-order chi connectivity index (χ1) is 17.7. The number of aromatic nitrogens is 2. The summed E-state index contributed by atoms with van der Waals surface area (Å²) < 4.78 is 48.3. The van der Waals surface area contributed by atoms with Gasteiger partial charge in [0.1, 0.15) is 28.1 Å². The fourth-order valence-electron chi connectivity index (χ4n) is 4.56. The second-order valence-corrected chi connectivity index (χ2v) is 9.98. The van der Waals surface area contributed by atoms with Gasteiger partial charge in [0.2, 0.25) is 0 Å². The third-order valence-corrected chi connectivity index (χ3v) is 7.51. The van der Waals surface area contributed by atoms with Gasteiger partial charge in [0.05, 0.1) is 16.6 Å². The van der Waals surface area contributed by atoms with Crippen LogP contribution in [0.15, 0.2) is 54.9 Å². The van der Waals surface area contributed by atoms with Gasteiger partial charge in [0.25, 0.3) is 5.91 Å². The Morgan fingerprint density at radius 3 is 2.68 bits per heavy atom. The van der Waals surface area contributed by atoms with E-state index in [9.17, 15) is 18.0 Å². The molecule has 5 rings (SSSR count). The van der Waals surface area contributed by atoms with Gasteiger partial charge in [-0.05, 0) is 30.7 Å². The third kappa shape index (κ3) is 5.34. The van der Waals surface area contributed by atoms with Crippen molar-refractivity contribution >= 4 is 28.3 Å². The molecule has 11 heteroatoms. The number of carbonyl (C=O) groups is 1. The summed E-state index contributed by atoms with van der Waals surface area (Å²) >= 11 is 1.11. The summed E-state index contributed by atoms with van der Waals surface area (Å²) in [5.41, 5.74) is 7.58. The van der Waals surface area contributed by atoms with E-state index in [1.54, 1.807) is 12.4 Å². The topological polar surface area (TPSA) is 85.4 Å². The Hall–Kier alpha value is -3.41. The molecule has 0 bridgehead atoms. The van der Waals surface area contributed by atoms with Crippen LogP contribution in [0.1, 0.15) is 39.4 Å². The van der Waals surface area contributed by atoms with E-state index in [1.807, 2.05) is 10.6 Å². The van der Waals surface area contributed by atoms with Crippen LogP contribution in [0.3, 0.4) is 0 Å². The molecule has 3 N–H and O–H groups in total. The second-order valence-electron chi connectivity index (χ2n) is 8.95. The summed E-state index contributed by atoms with van der Waals surface area (Å²) in [5.74, 6) is -0.581. The van der Waals surface area contributed by atoms with E-state index in [0.717, 1.165) is 66.7 Å². The zero-order valence-corrected chi connectivity index (χ0v) is 20.9. The van der Waals surface area contributed by atoms with Gasteiger partial charge in [0.15, 0.2) is 0 Å². The minimum absolute atomic E-state index is 0.0243. The predicted octanol–water partition coefficient (Wildman–Crippen LogP) is 4.75. The average Bonchev–Trinajstić information content (AvgIpc) is 3.48. The number of hydrogen-bond acceptors (Lipinski definition) is 6. The lowest BCUT2D eigenvalue weighted by atomic mass is 10.0. The number of nitrogens with one attached hydrogen (secondary N) is 1. The van der Waals surface area contributed by atoms with Gasteiger partial charge in [-0.1, -0.05) is 24.3 Å². The molecule has 1 aliphatic rings. The molecule has 0 spiro atoms. The summed E-state index contributed by atoms with van der Waals surface area (Å²) in [4.78, 5) is 19.2. The van der Waals surface area contributed by atoms with Gasteiger partial charge in [-0.15, -0.1) is 11.3 Å². The highest BCUT2D eigenvalue weighted by molar-refractivity contribution is 7.16. The smallest absolute Gasteiger partial charge is 0.416 e. The normalized spacial score (nSPS) is 15.7. The molecule has 2 aromatic heterocycles. The van der Waals surface area contributed by atoms with Crippen molar-refractivity contribution < 1.29 is 22.7 Å². The molecule has 3 heterocycles. The maximum atomic E-state index is 13.5. The Bertz CT molecular complexity index is 1430. The van der Waals surface area contributed by atoms with E-state index in [4.69, 9.17) is 10.5 Å². The summed E-state index contributed by atoms with van der Waals surface area (Å²) in [7, 11) is 0. The van der Waals surface area contributed by atoms with Crippen molar-refractivity contribution in [2.45, 2.75) is 25.7 Å². The standard InChI is InChI=1S/C26H26F3N5O2S/c1-16(18-4-2-3-5-19(18)26(27,28)29)36-22-13-23(37-24(22)25(30)35)34-15-32-20-7-6-17(12-21(20)34)14-33-10-8-31-9-11-33/h2-7,12-13,15-16,31H,8-11,14H2,1H3,(H2,30,35)/t16-/m1/s1. The lowest BCUT2D eigenvalue weighted by molar-refractivity contribution is -0.138. The summed E-state index contributed by atoms with van der Waals surface area (Å²) in [5, 5.41) is 3.97. The minimum Gasteiger partial charge on any atom is -0.484 e. The molecule has 0 aliphatic carbocycles.